The Labute approximate surface area is 181 Å². The molecule has 0 aliphatic carbocycles. The SMILES string of the molecule is Cc1c(C(N)=O)cc(-c2ccc(-c3ccccc3)cc2)n1CCc1cccc(Cl)c1. The minimum atomic E-state index is -0.406. The highest BCUT2D eigenvalue weighted by Crippen LogP contribution is 2.29. The number of amides is 1. The maximum absolute atomic E-state index is 12.0. The van der Waals surface area contributed by atoms with Gasteiger partial charge in [-0.3, -0.25) is 4.79 Å². The summed E-state index contributed by atoms with van der Waals surface area (Å²) in [5.41, 5.74) is 12.6. The molecule has 1 heterocycles. The van der Waals surface area contributed by atoms with Gasteiger partial charge < -0.3 is 10.3 Å². The van der Waals surface area contributed by atoms with Crippen molar-refractivity contribution in [2.45, 2.75) is 19.9 Å². The van der Waals surface area contributed by atoms with Gasteiger partial charge in [0.1, 0.15) is 0 Å². The molecule has 2 N–H and O–H groups in total. The summed E-state index contributed by atoms with van der Waals surface area (Å²) < 4.78 is 2.17. The maximum atomic E-state index is 12.0. The van der Waals surface area contributed by atoms with Crippen LogP contribution in [0, 0.1) is 6.92 Å². The molecule has 4 heteroatoms. The number of aromatic nitrogens is 1. The first-order valence-electron chi connectivity index (χ1n) is 9.93. The number of benzene rings is 3. The van der Waals surface area contributed by atoms with E-state index in [1.54, 1.807) is 0 Å². The average Bonchev–Trinajstić information content (AvgIpc) is 3.09. The molecule has 30 heavy (non-hydrogen) atoms. The number of hydrogen-bond acceptors (Lipinski definition) is 1. The van der Waals surface area contributed by atoms with Crippen molar-refractivity contribution in [3.8, 4) is 22.4 Å². The van der Waals surface area contributed by atoms with Crippen molar-refractivity contribution in [3.63, 3.8) is 0 Å². The van der Waals surface area contributed by atoms with Crippen molar-refractivity contribution in [1.29, 1.82) is 0 Å². The lowest BCUT2D eigenvalue weighted by Gasteiger charge is -2.13. The number of halogens is 1. The second kappa shape index (κ2) is 8.60. The van der Waals surface area contributed by atoms with Crippen LogP contribution < -0.4 is 5.73 Å². The molecule has 1 aromatic heterocycles. The molecule has 0 aliphatic rings. The van der Waals surface area contributed by atoms with Gasteiger partial charge in [0.05, 0.1) is 5.56 Å². The largest absolute Gasteiger partial charge is 0.366 e. The van der Waals surface area contributed by atoms with E-state index in [0.717, 1.165) is 46.1 Å². The molecule has 150 valence electrons. The first-order valence-corrected chi connectivity index (χ1v) is 10.3. The first kappa shape index (κ1) is 20.0. The molecule has 0 spiro atoms. The molecule has 0 bridgehead atoms. The zero-order chi connectivity index (χ0) is 21.1. The first-order chi connectivity index (χ1) is 14.5. The molecule has 1 amide bonds. The molecule has 4 aromatic rings. The van der Waals surface area contributed by atoms with Gasteiger partial charge in [-0.2, -0.15) is 0 Å². The summed E-state index contributed by atoms with van der Waals surface area (Å²) in [5, 5.41) is 0.728. The highest BCUT2D eigenvalue weighted by atomic mass is 35.5. The Bertz CT molecular complexity index is 1180. The Morgan fingerprint density at radius 1 is 0.867 bits per heavy atom. The smallest absolute Gasteiger partial charge is 0.250 e. The van der Waals surface area contributed by atoms with Gasteiger partial charge in [0.25, 0.3) is 5.91 Å². The van der Waals surface area contributed by atoms with Crippen molar-refractivity contribution in [2.24, 2.45) is 5.73 Å². The Hall–Kier alpha value is -3.30. The molecule has 0 atom stereocenters. The van der Waals surface area contributed by atoms with Crippen molar-refractivity contribution < 1.29 is 4.79 Å². The maximum Gasteiger partial charge on any atom is 0.250 e. The molecule has 3 nitrogen and oxygen atoms in total. The molecule has 0 aliphatic heterocycles. The third-order valence-corrected chi connectivity index (χ3v) is 5.67. The number of hydrogen-bond donors (Lipinski definition) is 1. The molecule has 0 unspecified atom stereocenters. The van der Waals surface area contributed by atoms with Crippen LogP contribution >= 0.6 is 11.6 Å². The van der Waals surface area contributed by atoms with E-state index in [9.17, 15) is 4.79 Å². The standard InChI is InChI=1S/C26H23ClN2O/c1-18-24(26(28)30)17-25(29(18)15-14-19-6-5-9-23(27)16-19)22-12-10-21(11-13-22)20-7-3-2-4-8-20/h2-13,16-17H,14-15H2,1H3,(H2,28,30). The third kappa shape index (κ3) is 4.17. The van der Waals surface area contributed by atoms with Crippen LogP contribution in [0.3, 0.4) is 0 Å². The number of carbonyl (C=O) groups excluding carboxylic acids is 1. The van der Waals surface area contributed by atoms with Crippen LogP contribution in [0.4, 0.5) is 0 Å². The molecule has 0 fully saturated rings. The lowest BCUT2D eigenvalue weighted by Crippen LogP contribution is -2.13. The van der Waals surface area contributed by atoms with Crippen LogP contribution in [-0.2, 0) is 13.0 Å². The minimum absolute atomic E-state index is 0.406. The Morgan fingerprint density at radius 3 is 2.20 bits per heavy atom. The summed E-state index contributed by atoms with van der Waals surface area (Å²) in [5.74, 6) is -0.406. The van der Waals surface area contributed by atoms with E-state index in [1.807, 2.05) is 49.4 Å². The van der Waals surface area contributed by atoms with Crippen molar-refractivity contribution >= 4 is 17.5 Å². The second-order valence-corrected chi connectivity index (χ2v) is 7.80. The summed E-state index contributed by atoms with van der Waals surface area (Å²) in [6, 6.07) is 28.4. The molecule has 3 aromatic carbocycles. The fourth-order valence-corrected chi connectivity index (χ4v) is 4.03. The molecule has 0 saturated carbocycles. The zero-order valence-corrected chi connectivity index (χ0v) is 17.6. The molecular weight excluding hydrogens is 392 g/mol. The minimum Gasteiger partial charge on any atom is -0.366 e. The summed E-state index contributed by atoms with van der Waals surface area (Å²) in [6.07, 6.45) is 0.809. The van der Waals surface area contributed by atoms with Gasteiger partial charge >= 0.3 is 0 Å². The summed E-state index contributed by atoms with van der Waals surface area (Å²) in [4.78, 5) is 12.0. The molecule has 0 saturated heterocycles. The quantitative estimate of drug-likeness (QED) is 0.405. The summed E-state index contributed by atoms with van der Waals surface area (Å²) in [7, 11) is 0. The van der Waals surface area contributed by atoms with Gasteiger partial charge in [-0.25, -0.2) is 0 Å². The van der Waals surface area contributed by atoms with E-state index in [4.69, 9.17) is 17.3 Å². The number of nitrogens with two attached hydrogens (primary N) is 1. The Kier molecular flexibility index (Phi) is 5.73. The van der Waals surface area contributed by atoms with Crippen LogP contribution in [0.15, 0.2) is 84.9 Å². The Morgan fingerprint density at radius 2 is 1.53 bits per heavy atom. The van der Waals surface area contributed by atoms with E-state index in [-0.39, 0.29) is 0 Å². The molecular formula is C26H23ClN2O. The molecule has 0 radical (unpaired) electrons. The normalized spacial score (nSPS) is 10.9. The van der Waals surface area contributed by atoms with Gasteiger partial charge in [-0.15, -0.1) is 0 Å². The van der Waals surface area contributed by atoms with Gasteiger partial charge in [0.15, 0.2) is 0 Å². The summed E-state index contributed by atoms with van der Waals surface area (Å²) in [6.45, 7) is 2.68. The Balaban J connectivity index is 1.68. The van der Waals surface area contributed by atoms with Crippen molar-refractivity contribution in [3.05, 3.63) is 107 Å². The highest BCUT2D eigenvalue weighted by molar-refractivity contribution is 6.30. The lowest BCUT2D eigenvalue weighted by atomic mass is 10.0. The van der Waals surface area contributed by atoms with Crippen LogP contribution in [-0.4, -0.2) is 10.5 Å². The third-order valence-electron chi connectivity index (χ3n) is 5.43. The second-order valence-electron chi connectivity index (χ2n) is 7.37. The van der Waals surface area contributed by atoms with E-state index >= 15 is 0 Å². The summed E-state index contributed by atoms with van der Waals surface area (Å²) >= 11 is 6.13. The van der Waals surface area contributed by atoms with Gasteiger partial charge in [-0.05, 0) is 53.8 Å². The average molecular weight is 415 g/mol. The van der Waals surface area contributed by atoms with E-state index in [0.29, 0.717) is 5.56 Å². The van der Waals surface area contributed by atoms with E-state index in [1.165, 1.54) is 5.56 Å². The monoisotopic (exact) mass is 414 g/mol. The van der Waals surface area contributed by atoms with E-state index < -0.39 is 5.91 Å². The van der Waals surface area contributed by atoms with Gasteiger partial charge in [0.2, 0.25) is 0 Å². The fourth-order valence-electron chi connectivity index (χ4n) is 3.82. The van der Waals surface area contributed by atoms with Crippen molar-refractivity contribution in [1.82, 2.24) is 4.57 Å². The zero-order valence-electron chi connectivity index (χ0n) is 16.8. The number of rotatable bonds is 6. The van der Waals surface area contributed by atoms with Crippen LogP contribution in [0.25, 0.3) is 22.4 Å². The molecule has 4 rings (SSSR count). The topological polar surface area (TPSA) is 48.0 Å². The van der Waals surface area contributed by atoms with Crippen LogP contribution in [0.5, 0.6) is 0 Å². The van der Waals surface area contributed by atoms with Gasteiger partial charge in [0, 0.05) is 23.0 Å². The number of nitrogens with zero attached hydrogens (tertiary/aromatic N) is 1. The van der Waals surface area contributed by atoms with Gasteiger partial charge in [-0.1, -0.05) is 78.3 Å². The van der Waals surface area contributed by atoms with Crippen molar-refractivity contribution in [2.75, 3.05) is 0 Å². The predicted molar refractivity (Wildman–Crippen MR) is 124 cm³/mol. The number of aryl methyl sites for hydroxylation is 1. The van der Waals surface area contributed by atoms with Crippen LogP contribution in [0.2, 0.25) is 5.02 Å². The predicted octanol–water partition coefficient (Wildman–Crippen LogP) is 6.13. The highest BCUT2D eigenvalue weighted by Gasteiger charge is 2.17. The number of carbonyl (C=O) groups is 1. The fraction of sp³-hybridized carbons (Fsp3) is 0.115. The lowest BCUT2D eigenvalue weighted by molar-refractivity contribution is 0.0999. The van der Waals surface area contributed by atoms with E-state index in [2.05, 4.69) is 47.0 Å². The number of primary amides is 1. The van der Waals surface area contributed by atoms with Crippen LogP contribution in [0.1, 0.15) is 21.6 Å².